The molecular formula is C19H28ClN3O3. The molecule has 6 nitrogen and oxygen atoms in total. The maximum Gasteiger partial charge on any atom is 0.327 e. The summed E-state index contributed by atoms with van der Waals surface area (Å²) in [6.45, 7) is 7.98. The number of hydrogen-bond donors (Lipinski definition) is 1. The summed E-state index contributed by atoms with van der Waals surface area (Å²) < 4.78 is 5.00. The van der Waals surface area contributed by atoms with E-state index in [1.165, 1.54) is 7.11 Å². The minimum Gasteiger partial charge on any atom is -0.468 e. The number of carbonyl (C=O) groups is 2. The molecule has 1 aliphatic heterocycles. The Bertz CT molecular complexity index is 616. The summed E-state index contributed by atoms with van der Waals surface area (Å²) in [4.78, 5) is 28.5. The second-order valence-electron chi connectivity index (χ2n) is 6.96. The van der Waals surface area contributed by atoms with Gasteiger partial charge in [0.05, 0.1) is 13.7 Å². The number of nitrogens with one attached hydrogen (secondary N) is 1. The van der Waals surface area contributed by atoms with Gasteiger partial charge >= 0.3 is 5.97 Å². The Morgan fingerprint density at radius 2 is 1.85 bits per heavy atom. The highest BCUT2D eigenvalue weighted by atomic mass is 35.5. The van der Waals surface area contributed by atoms with E-state index in [9.17, 15) is 9.59 Å². The average Bonchev–Trinajstić information content (AvgIpc) is 2.63. The zero-order valence-electron chi connectivity index (χ0n) is 15.7. The van der Waals surface area contributed by atoms with Gasteiger partial charge < -0.3 is 10.1 Å². The topological polar surface area (TPSA) is 61.9 Å². The van der Waals surface area contributed by atoms with Crippen molar-refractivity contribution >= 4 is 23.5 Å². The summed E-state index contributed by atoms with van der Waals surface area (Å²) in [5.74, 6) is 0.163. The number of amides is 1. The fraction of sp³-hybridized carbons (Fsp3) is 0.579. The van der Waals surface area contributed by atoms with E-state index in [1.807, 2.05) is 18.2 Å². The van der Waals surface area contributed by atoms with Crippen molar-refractivity contribution in [2.75, 3.05) is 46.4 Å². The fourth-order valence-electron chi connectivity index (χ4n) is 3.04. The lowest BCUT2D eigenvalue weighted by molar-refractivity contribution is -0.148. The highest BCUT2D eigenvalue weighted by Crippen LogP contribution is 2.29. The maximum atomic E-state index is 12.4. The van der Waals surface area contributed by atoms with Crippen molar-refractivity contribution in [3.63, 3.8) is 0 Å². The second kappa shape index (κ2) is 9.90. The molecule has 2 rings (SSSR count). The van der Waals surface area contributed by atoms with Crippen molar-refractivity contribution in [1.82, 2.24) is 15.1 Å². The van der Waals surface area contributed by atoms with Crippen LogP contribution in [-0.4, -0.2) is 68.1 Å². The van der Waals surface area contributed by atoms with Gasteiger partial charge in [-0.2, -0.15) is 0 Å². The zero-order valence-corrected chi connectivity index (χ0v) is 16.5. The smallest absolute Gasteiger partial charge is 0.327 e. The van der Waals surface area contributed by atoms with Crippen molar-refractivity contribution in [2.45, 2.75) is 19.9 Å². The van der Waals surface area contributed by atoms with Gasteiger partial charge in [-0.15, -0.1) is 0 Å². The van der Waals surface area contributed by atoms with Gasteiger partial charge in [-0.25, -0.2) is 4.79 Å². The Kier molecular flexibility index (Phi) is 7.87. The first-order chi connectivity index (χ1) is 12.4. The number of rotatable bonds is 7. The normalized spacial score (nSPS) is 17.1. The van der Waals surface area contributed by atoms with E-state index in [0.717, 1.165) is 5.56 Å². The number of benzene rings is 1. The Balaban J connectivity index is 1.96. The average molecular weight is 382 g/mol. The molecule has 0 saturated carbocycles. The molecule has 1 unspecified atom stereocenters. The molecule has 1 amide bonds. The van der Waals surface area contributed by atoms with Gasteiger partial charge in [-0.05, 0) is 17.5 Å². The van der Waals surface area contributed by atoms with Crippen LogP contribution in [0.15, 0.2) is 24.3 Å². The molecule has 26 heavy (non-hydrogen) atoms. The van der Waals surface area contributed by atoms with Crippen molar-refractivity contribution in [2.24, 2.45) is 5.92 Å². The zero-order chi connectivity index (χ0) is 19.1. The van der Waals surface area contributed by atoms with Crippen molar-refractivity contribution < 1.29 is 14.3 Å². The van der Waals surface area contributed by atoms with Gasteiger partial charge in [-0.3, -0.25) is 14.6 Å². The molecule has 144 valence electrons. The van der Waals surface area contributed by atoms with Gasteiger partial charge in [0.1, 0.15) is 6.04 Å². The Hall–Kier alpha value is -1.63. The van der Waals surface area contributed by atoms with Crippen LogP contribution in [0.1, 0.15) is 25.5 Å². The number of ether oxygens (including phenoxy) is 1. The van der Waals surface area contributed by atoms with Crippen LogP contribution in [0, 0.1) is 5.92 Å². The van der Waals surface area contributed by atoms with Crippen LogP contribution in [0.2, 0.25) is 5.02 Å². The number of piperazine rings is 1. The summed E-state index contributed by atoms with van der Waals surface area (Å²) in [7, 11) is 1.39. The Labute approximate surface area is 160 Å². The van der Waals surface area contributed by atoms with E-state index in [-0.39, 0.29) is 11.9 Å². The van der Waals surface area contributed by atoms with Gasteiger partial charge in [0.25, 0.3) is 0 Å². The van der Waals surface area contributed by atoms with Crippen molar-refractivity contribution in [3.8, 4) is 0 Å². The monoisotopic (exact) mass is 381 g/mol. The van der Waals surface area contributed by atoms with E-state index in [4.69, 9.17) is 16.3 Å². The standard InChI is InChI=1S/C19H28ClN3O3/c1-14(2)12-21-17(24)13-22-8-10-23(11-9-22)18(19(25)26-3)15-6-4-5-7-16(15)20/h4-7,14,18H,8-13H2,1-3H3,(H,21,24). The molecule has 0 bridgehead atoms. The number of methoxy groups -OCH3 is 1. The molecule has 1 N–H and O–H groups in total. The summed E-state index contributed by atoms with van der Waals surface area (Å²) in [6, 6.07) is 6.82. The minimum atomic E-state index is -0.523. The largest absolute Gasteiger partial charge is 0.468 e. The van der Waals surface area contributed by atoms with E-state index < -0.39 is 6.04 Å². The molecular weight excluding hydrogens is 354 g/mol. The Morgan fingerprint density at radius 3 is 2.42 bits per heavy atom. The minimum absolute atomic E-state index is 0.0442. The summed E-state index contributed by atoms with van der Waals surface area (Å²) in [5, 5.41) is 3.49. The lowest BCUT2D eigenvalue weighted by Gasteiger charge is -2.38. The van der Waals surface area contributed by atoms with Crippen LogP contribution in [0.5, 0.6) is 0 Å². The number of hydrogen-bond acceptors (Lipinski definition) is 5. The van der Waals surface area contributed by atoms with Gasteiger partial charge in [0, 0.05) is 37.7 Å². The molecule has 1 aromatic rings. The quantitative estimate of drug-likeness (QED) is 0.731. The van der Waals surface area contributed by atoms with Crippen LogP contribution in [-0.2, 0) is 14.3 Å². The van der Waals surface area contributed by atoms with Crippen LogP contribution < -0.4 is 5.32 Å². The first-order valence-electron chi connectivity index (χ1n) is 8.97. The SMILES string of the molecule is COC(=O)C(c1ccccc1Cl)N1CCN(CC(=O)NCC(C)C)CC1. The summed E-state index contributed by atoms with van der Waals surface area (Å²) in [5.41, 5.74) is 0.754. The number of halogens is 1. The molecule has 1 heterocycles. The van der Waals surface area contributed by atoms with Crippen LogP contribution in [0.3, 0.4) is 0 Å². The molecule has 1 saturated heterocycles. The highest BCUT2D eigenvalue weighted by Gasteiger charge is 2.32. The van der Waals surface area contributed by atoms with Crippen LogP contribution in [0.4, 0.5) is 0 Å². The molecule has 1 fully saturated rings. The predicted molar refractivity (Wildman–Crippen MR) is 102 cm³/mol. The molecule has 7 heteroatoms. The lowest BCUT2D eigenvalue weighted by Crippen LogP contribution is -2.51. The van der Waals surface area contributed by atoms with Crippen molar-refractivity contribution in [1.29, 1.82) is 0 Å². The molecule has 1 aromatic carbocycles. The Morgan fingerprint density at radius 1 is 1.19 bits per heavy atom. The third-order valence-electron chi connectivity index (χ3n) is 4.47. The van der Waals surface area contributed by atoms with E-state index in [1.54, 1.807) is 6.07 Å². The summed E-state index contributed by atoms with van der Waals surface area (Å²) in [6.07, 6.45) is 0. The van der Waals surface area contributed by atoms with Crippen LogP contribution in [0.25, 0.3) is 0 Å². The molecule has 0 spiro atoms. The van der Waals surface area contributed by atoms with E-state index in [2.05, 4.69) is 29.0 Å². The second-order valence-corrected chi connectivity index (χ2v) is 7.36. The molecule has 1 aliphatic rings. The van der Waals surface area contributed by atoms with Gasteiger partial charge in [0.2, 0.25) is 5.91 Å². The van der Waals surface area contributed by atoms with Crippen molar-refractivity contribution in [3.05, 3.63) is 34.9 Å². The fourth-order valence-corrected chi connectivity index (χ4v) is 3.28. The lowest BCUT2D eigenvalue weighted by atomic mass is 10.0. The first kappa shape index (κ1) is 20.7. The number of carbonyl (C=O) groups excluding carboxylic acids is 2. The molecule has 0 radical (unpaired) electrons. The van der Waals surface area contributed by atoms with Gasteiger partial charge in [0.15, 0.2) is 0 Å². The highest BCUT2D eigenvalue weighted by molar-refractivity contribution is 6.31. The van der Waals surface area contributed by atoms with Crippen LogP contribution >= 0.6 is 11.6 Å². The summed E-state index contributed by atoms with van der Waals surface area (Å²) >= 11 is 6.30. The number of nitrogens with zero attached hydrogens (tertiary/aromatic N) is 2. The molecule has 0 aliphatic carbocycles. The third-order valence-corrected chi connectivity index (χ3v) is 4.82. The first-order valence-corrected chi connectivity index (χ1v) is 9.35. The predicted octanol–water partition coefficient (Wildman–Crippen LogP) is 1.94. The molecule has 1 atom stereocenters. The molecule has 0 aromatic heterocycles. The maximum absolute atomic E-state index is 12.4. The third kappa shape index (κ3) is 5.69. The van der Waals surface area contributed by atoms with E-state index in [0.29, 0.717) is 50.2 Å². The van der Waals surface area contributed by atoms with Gasteiger partial charge in [-0.1, -0.05) is 43.6 Å². The van der Waals surface area contributed by atoms with E-state index >= 15 is 0 Å². The number of esters is 1.